The Labute approximate surface area is 255 Å². The van der Waals surface area contributed by atoms with Gasteiger partial charge in [-0.15, -0.1) is 0 Å². The summed E-state index contributed by atoms with van der Waals surface area (Å²) in [4.78, 5) is 53.5. The zero-order chi connectivity index (χ0) is 32.0. The molecule has 0 bridgehead atoms. The Balaban J connectivity index is 1.59. The number of rotatable bonds is 9. The monoisotopic (exact) mass is 604 g/mol. The summed E-state index contributed by atoms with van der Waals surface area (Å²) >= 11 is 0. The van der Waals surface area contributed by atoms with Crippen LogP contribution in [-0.2, 0) is 38.8 Å². The van der Waals surface area contributed by atoms with Crippen molar-refractivity contribution in [2.45, 2.75) is 59.1 Å². The average molecular weight is 605 g/mol. The number of carbonyl (C=O) groups excluding carboxylic acids is 4. The minimum atomic E-state index is -0.947. The van der Waals surface area contributed by atoms with Gasteiger partial charge in [0.25, 0.3) is 0 Å². The quantitative estimate of drug-likeness (QED) is 0.0989. The molecule has 0 aliphatic rings. The van der Waals surface area contributed by atoms with E-state index in [1.54, 1.807) is 69.3 Å². The molecule has 0 spiro atoms. The van der Waals surface area contributed by atoms with Crippen LogP contribution in [0.4, 0.5) is 14.4 Å². The maximum Gasteiger partial charge on any atom is 0.414 e. The molecule has 0 unspecified atom stereocenters. The van der Waals surface area contributed by atoms with Crippen molar-refractivity contribution in [3.05, 3.63) is 102 Å². The van der Waals surface area contributed by atoms with Crippen molar-refractivity contribution in [2.75, 3.05) is 0 Å². The predicted molar refractivity (Wildman–Crippen MR) is 162 cm³/mol. The maximum absolute atomic E-state index is 12.4. The van der Waals surface area contributed by atoms with Crippen LogP contribution in [0.3, 0.4) is 0 Å². The first-order chi connectivity index (χ1) is 21.0. The van der Waals surface area contributed by atoms with E-state index in [4.69, 9.17) is 18.9 Å². The van der Waals surface area contributed by atoms with Gasteiger partial charge in [0.15, 0.2) is 0 Å². The second kappa shape index (κ2) is 16.3. The fourth-order valence-corrected chi connectivity index (χ4v) is 3.40. The summed E-state index contributed by atoms with van der Waals surface area (Å²) in [6.07, 6.45) is -2.39. The van der Waals surface area contributed by atoms with E-state index in [9.17, 15) is 19.2 Å². The third-order valence-electron chi connectivity index (χ3n) is 5.51. The van der Waals surface area contributed by atoms with Gasteiger partial charge in [-0.25, -0.2) is 24.2 Å². The van der Waals surface area contributed by atoms with Crippen molar-refractivity contribution in [1.82, 2.24) is 16.0 Å². The molecule has 3 amide bonds. The Bertz CT molecular complexity index is 1360. The molecule has 232 valence electrons. The van der Waals surface area contributed by atoms with E-state index in [0.717, 1.165) is 11.1 Å². The SMILES string of the molecule is C[C@@H](NC(=O)OC(C)(C)C)C(=O)Oc1ccc(CN=C(NC(=O)OCc2ccccc2)NC(=O)OCc2ccccc2)cc1. The number of esters is 1. The lowest BCUT2D eigenvalue weighted by Crippen LogP contribution is -2.44. The van der Waals surface area contributed by atoms with Crippen LogP contribution in [0.1, 0.15) is 44.4 Å². The predicted octanol–water partition coefficient (Wildman–Crippen LogP) is 5.21. The number of ether oxygens (including phenoxy) is 4. The summed E-state index contributed by atoms with van der Waals surface area (Å²) in [5.74, 6) is -0.620. The number of benzene rings is 3. The summed E-state index contributed by atoms with van der Waals surface area (Å²) in [7, 11) is 0. The van der Waals surface area contributed by atoms with Crippen molar-refractivity contribution < 1.29 is 38.1 Å². The first kappa shape index (κ1) is 33.1. The van der Waals surface area contributed by atoms with Gasteiger partial charge in [-0.2, -0.15) is 0 Å². The number of carbonyl (C=O) groups is 4. The highest BCUT2D eigenvalue weighted by Gasteiger charge is 2.22. The molecule has 3 aromatic rings. The lowest BCUT2D eigenvalue weighted by molar-refractivity contribution is -0.136. The number of hydrogen-bond donors (Lipinski definition) is 3. The number of aliphatic imine (C=N–C) groups is 1. The van der Waals surface area contributed by atoms with Crippen molar-refractivity contribution in [1.29, 1.82) is 0 Å². The van der Waals surface area contributed by atoms with Gasteiger partial charge in [-0.3, -0.25) is 10.6 Å². The molecule has 0 aliphatic carbocycles. The Kier molecular flexibility index (Phi) is 12.3. The fourth-order valence-electron chi connectivity index (χ4n) is 3.40. The Morgan fingerprint density at radius 2 is 1.20 bits per heavy atom. The van der Waals surface area contributed by atoms with Gasteiger partial charge >= 0.3 is 24.2 Å². The zero-order valence-electron chi connectivity index (χ0n) is 25.0. The molecular weight excluding hydrogens is 568 g/mol. The maximum atomic E-state index is 12.4. The molecule has 44 heavy (non-hydrogen) atoms. The van der Waals surface area contributed by atoms with Crippen LogP contribution in [0.15, 0.2) is 89.9 Å². The van der Waals surface area contributed by atoms with E-state index in [-0.39, 0.29) is 31.5 Å². The van der Waals surface area contributed by atoms with E-state index in [1.807, 2.05) is 36.4 Å². The number of amides is 3. The molecule has 0 saturated carbocycles. The van der Waals surface area contributed by atoms with Gasteiger partial charge in [0.05, 0.1) is 6.54 Å². The third kappa shape index (κ3) is 12.6. The molecule has 0 heterocycles. The van der Waals surface area contributed by atoms with Crippen LogP contribution in [0, 0.1) is 0 Å². The standard InChI is InChI=1S/C32H36N4O8/c1-22(34-31(40)44-32(2,3)4)27(37)43-26-17-15-23(16-18-26)19-33-28(35-29(38)41-20-24-11-7-5-8-12-24)36-30(39)42-21-25-13-9-6-10-14-25/h5-18,22H,19-21H2,1-4H3,(H,34,40)(H2,33,35,36,38,39)/t22-/m1/s1. The first-order valence-corrected chi connectivity index (χ1v) is 13.8. The molecule has 0 saturated heterocycles. The highest BCUT2D eigenvalue weighted by molar-refractivity contribution is 6.01. The number of alkyl carbamates (subject to hydrolysis) is 3. The minimum absolute atomic E-state index is 0.0184. The minimum Gasteiger partial charge on any atom is -0.444 e. The topological polar surface area (TPSA) is 154 Å². The molecule has 3 aromatic carbocycles. The van der Waals surface area contributed by atoms with Gasteiger partial charge in [0.1, 0.15) is 30.6 Å². The zero-order valence-corrected chi connectivity index (χ0v) is 25.0. The van der Waals surface area contributed by atoms with Gasteiger partial charge in [0.2, 0.25) is 5.96 Å². The molecule has 0 aromatic heterocycles. The van der Waals surface area contributed by atoms with Gasteiger partial charge in [-0.05, 0) is 56.5 Å². The van der Waals surface area contributed by atoms with E-state index >= 15 is 0 Å². The Morgan fingerprint density at radius 3 is 1.68 bits per heavy atom. The fraction of sp³-hybridized carbons (Fsp3) is 0.281. The summed E-state index contributed by atoms with van der Waals surface area (Å²) < 4.78 is 20.9. The molecule has 12 heteroatoms. The van der Waals surface area contributed by atoms with E-state index < -0.39 is 35.9 Å². The second-order valence-electron chi connectivity index (χ2n) is 10.5. The molecule has 12 nitrogen and oxygen atoms in total. The molecule has 0 radical (unpaired) electrons. The molecule has 3 rings (SSSR count). The Morgan fingerprint density at radius 1 is 0.705 bits per heavy atom. The van der Waals surface area contributed by atoms with Gasteiger partial charge in [-0.1, -0.05) is 72.8 Å². The Hall–Kier alpha value is -5.39. The number of nitrogens with one attached hydrogen (secondary N) is 3. The van der Waals surface area contributed by atoms with Crippen molar-refractivity contribution in [2.24, 2.45) is 4.99 Å². The van der Waals surface area contributed by atoms with Crippen molar-refractivity contribution >= 4 is 30.2 Å². The highest BCUT2D eigenvalue weighted by Crippen LogP contribution is 2.14. The van der Waals surface area contributed by atoms with Crippen molar-refractivity contribution in [3.8, 4) is 5.75 Å². The number of guanidine groups is 1. The van der Waals surface area contributed by atoms with E-state index in [2.05, 4.69) is 20.9 Å². The lowest BCUT2D eigenvalue weighted by Gasteiger charge is -2.21. The summed E-state index contributed by atoms with van der Waals surface area (Å²) in [6, 6.07) is 23.7. The largest absolute Gasteiger partial charge is 0.444 e. The first-order valence-electron chi connectivity index (χ1n) is 13.8. The van der Waals surface area contributed by atoms with Gasteiger partial charge < -0.3 is 24.3 Å². The van der Waals surface area contributed by atoms with Crippen LogP contribution < -0.4 is 20.7 Å². The number of hydrogen-bond acceptors (Lipinski definition) is 9. The number of nitrogens with zero attached hydrogens (tertiary/aromatic N) is 1. The van der Waals surface area contributed by atoms with Crippen LogP contribution in [0.25, 0.3) is 0 Å². The average Bonchev–Trinajstić information content (AvgIpc) is 2.98. The lowest BCUT2D eigenvalue weighted by atomic mass is 10.2. The van der Waals surface area contributed by atoms with Crippen LogP contribution in [-0.4, -0.2) is 41.9 Å². The van der Waals surface area contributed by atoms with E-state index in [0.29, 0.717) is 5.56 Å². The molecule has 3 N–H and O–H groups in total. The highest BCUT2D eigenvalue weighted by atomic mass is 16.6. The molecular formula is C32H36N4O8. The van der Waals surface area contributed by atoms with Gasteiger partial charge in [0, 0.05) is 0 Å². The van der Waals surface area contributed by atoms with Crippen molar-refractivity contribution in [3.63, 3.8) is 0 Å². The summed E-state index contributed by atoms with van der Waals surface area (Å²) in [6.45, 7) is 6.70. The summed E-state index contributed by atoms with van der Waals surface area (Å²) in [5.41, 5.74) is 1.53. The smallest absolute Gasteiger partial charge is 0.414 e. The third-order valence-corrected chi connectivity index (χ3v) is 5.51. The van der Waals surface area contributed by atoms with Crippen LogP contribution >= 0.6 is 0 Å². The molecule has 1 atom stereocenters. The van der Waals surface area contributed by atoms with Crippen LogP contribution in [0.5, 0.6) is 5.75 Å². The molecule has 0 aliphatic heterocycles. The summed E-state index contributed by atoms with van der Waals surface area (Å²) in [5, 5.41) is 7.28. The molecule has 0 fully saturated rings. The van der Waals surface area contributed by atoms with E-state index in [1.165, 1.54) is 6.92 Å². The normalized spacial score (nSPS) is 11.3. The van der Waals surface area contributed by atoms with Crippen LogP contribution in [0.2, 0.25) is 0 Å². The second-order valence-corrected chi connectivity index (χ2v) is 10.5.